The summed E-state index contributed by atoms with van der Waals surface area (Å²) in [6, 6.07) is 10.1. The molecule has 0 fully saturated rings. The highest BCUT2D eigenvalue weighted by molar-refractivity contribution is 5.89. The minimum absolute atomic E-state index is 0.379. The fourth-order valence-electron chi connectivity index (χ4n) is 2.16. The van der Waals surface area contributed by atoms with E-state index in [1.165, 1.54) is 0 Å². The summed E-state index contributed by atoms with van der Waals surface area (Å²) >= 11 is 0. The van der Waals surface area contributed by atoms with Gasteiger partial charge in [0.25, 0.3) is 11.4 Å². The lowest BCUT2D eigenvalue weighted by Crippen LogP contribution is -2.00. The van der Waals surface area contributed by atoms with Gasteiger partial charge in [-0.1, -0.05) is 36.4 Å². The summed E-state index contributed by atoms with van der Waals surface area (Å²) in [6.45, 7) is 0. The second-order valence-electron chi connectivity index (χ2n) is 4.99. The fourth-order valence-corrected chi connectivity index (χ4v) is 2.16. The standard InChI is InChI=1S/C9H8O.C7H4N2O6/c10-9-6-5-7-3-1-2-4-8(7)9;10-7(11)4-1-5(8(12)13)3-6(2-4)9(14)15/h1-6,9-10H;1-3H,(H,10,11). The molecule has 9 nitrogen and oxygen atoms in total. The molecule has 0 aromatic heterocycles. The van der Waals surface area contributed by atoms with Crippen molar-refractivity contribution in [1.29, 1.82) is 0 Å². The van der Waals surface area contributed by atoms with Gasteiger partial charge in [-0.25, -0.2) is 4.79 Å². The van der Waals surface area contributed by atoms with Gasteiger partial charge in [-0.05, 0) is 11.1 Å². The van der Waals surface area contributed by atoms with Crippen LogP contribution >= 0.6 is 0 Å². The van der Waals surface area contributed by atoms with Crippen LogP contribution in [-0.2, 0) is 0 Å². The van der Waals surface area contributed by atoms with E-state index in [1.807, 2.05) is 30.3 Å². The van der Waals surface area contributed by atoms with Gasteiger partial charge in [-0.15, -0.1) is 0 Å². The van der Waals surface area contributed by atoms with Crippen LogP contribution in [0.1, 0.15) is 27.6 Å². The Morgan fingerprint density at radius 3 is 2.04 bits per heavy atom. The van der Waals surface area contributed by atoms with Crippen LogP contribution in [0.15, 0.2) is 48.5 Å². The zero-order valence-electron chi connectivity index (χ0n) is 12.6. The lowest BCUT2D eigenvalue weighted by atomic mass is 10.1. The number of benzene rings is 2. The van der Waals surface area contributed by atoms with Crippen molar-refractivity contribution in [2.75, 3.05) is 0 Å². The minimum atomic E-state index is -1.46. The second-order valence-corrected chi connectivity index (χ2v) is 4.99. The van der Waals surface area contributed by atoms with Gasteiger partial charge in [0.2, 0.25) is 0 Å². The number of hydrogen-bond acceptors (Lipinski definition) is 6. The monoisotopic (exact) mass is 344 g/mol. The van der Waals surface area contributed by atoms with Gasteiger partial charge in [0.15, 0.2) is 0 Å². The molecule has 2 N–H and O–H groups in total. The number of aliphatic hydroxyl groups excluding tert-OH is 1. The first-order chi connectivity index (χ1) is 11.8. The van der Waals surface area contributed by atoms with Gasteiger partial charge in [-0.3, -0.25) is 20.2 Å². The van der Waals surface area contributed by atoms with Crippen molar-refractivity contribution in [3.05, 3.63) is 85.5 Å². The van der Waals surface area contributed by atoms with Crippen molar-refractivity contribution in [1.82, 2.24) is 0 Å². The maximum atomic E-state index is 10.5. The Morgan fingerprint density at radius 2 is 1.56 bits per heavy atom. The van der Waals surface area contributed by atoms with E-state index < -0.39 is 32.8 Å². The molecule has 0 saturated heterocycles. The van der Waals surface area contributed by atoms with Gasteiger partial charge in [0, 0.05) is 12.1 Å². The Labute approximate surface area is 140 Å². The third kappa shape index (κ3) is 4.24. The summed E-state index contributed by atoms with van der Waals surface area (Å²) in [7, 11) is 0. The lowest BCUT2D eigenvalue weighted by molar-refractivity contribution is -0.394. The van der Waals surface area contributed by atoms with E-state index in [-0.39, 0.29) is 6.10 Å². The van der Waals surface area contributed by atoms with Gasteiger partial charge in [0.1, 0.15) is 0 Å². The van der Waals surface area contributed by atoms with Crippen molar-refractivity contribution in [2.45, 2.75) is 6.10 Å². The number of rotatable bonds is 3. The Morgan fingerprint density at radius 1 is 1.00 bits per heavy atom. The normalized spacial score (nSPS) is 14.2. The second kappa shape index (κ2) is 7.32. The number of carbonyl (C=O) groups is 1. The molecular formula is C16H12N2O7. The van der Waals surface area contributed by atoms with Crippen molar-refractivity contribution >= 4 is 23.4 Å². The first-order valence-electron chi connectivity index (χ1n) is 6.92. The predicted octanol–water partition coefficient (Wildman–Crippen LogP) is 2.95. The molecule has 1 aliphatic rings. The molecule has 0 spiro atoms. The topological polar surface area (TPSA) is 144 Å². The molecule has 1 atom stereocenters. The Kier molecular flexibility index (Phi) is 5.20. The maximum absolute atomic E-state index is 10.5. The van der Waals surface area contributed by atoms with E-state index in [0.717, 1.165) is 23.3 Å². The SMILES string of the molecule is O=C(O)c1cc([N+](=O)[O-])cc([N+](=O)[O-])c1.OC1C=Cc2ccccc21. The highest BCUT2D eigenvalue weighted by Crippen LogP contribution is 2.26. The average Bonchev–Trinajstić information content (AvgIpc) is 2.96. The molecule has 0 saturated carbocycles. The number of carboxylic acid groups (broad SMARTS) is 1. The summed E-state index contributed by atoms with van der Waals surface area (Å²) in [5.74, 6) is -1.46. The Balaban J connectivity index is 0.000000194. The highest BCUT2D eigenvalue weighted by atomic mass is 16.6. The number of fused-ring (bicyclic) bond motifs is 1. The summed E-state index contributed by atoms with van der Waals surface area (Å²) in [5, 5.41) is 38.5. The fraction of sp³-hybridized carbons (Fsp3) is 0.0625. The van der Waals surface area contributed by atoms with E-state index in [1.54, 1.807) is 6.08 Å². The maximum Gasteiger partial charge on any atom is 0.336 e. The molecule has 3 rings (SSSR count). The van der Waals surface area contributed by atoms with Crippen molar-refractivity contribution in [3.63, 3.8) is 0 Å². The zero-order chi connectivity index (χ0) is 18.6. The quantitative estimate of drug-likeness (QED) is 0.643. The zero-order valence-corrected chi connectivity index (χ0v) is 12.6. The van der Waals surface area contributed by atoms with Crippen LogP contribution in [0.5, 0.6) is 0 Å². The Hall–Kier alpha value is -3.59. The molecule has 0 amide bonds. The molecule has 0 bridgehead atoms. The van der Waals surface area contributed by atoms with E-state index in [2.05, 4.69) is 0 Å². The van der Waals surface area contributed by atoms with Crippen LogP contribution < -0.4 is 0 Å². The Bertz CT molecular complexity index is 798. The largest absolute Gasteiger partial charge is 0.478 e. The van der Waals surface area contributed by atoms with Crippen LogP contribution in [0.25, 0.3) is 6.08 Å². The molecule has 1 unspecified atom stereocenters. The lowest BCUT2D eigenvalue weighted by Gasteiger charge is -2.00. The highest BCUT2D eigenvalue weighted by Gasteiger charge is 2.19. The van der Waals surface area contributed by atoms with Gasteiger partial charge in [0.05, 0.1) is 27.6 Å². The molecule has 25 heavy (non-hydrogen) atoms. The smallest absolute Gasteiger partial charge is 0.336 e. The molecule has 2 aromatic rings. The number of aliphatic hydroxyl groups is 1. The number of aromatic carboxylic acids is 1. The molecule has 0 aliphatic heterocycles. The molecule has 2 aromatic carbocycles. The minimum Gasteiger partial charge on any atom is -0.478 e. The van der Waals surface area contributed by atoms with Crippen molar-refractivity contribution in [3.8, 4) is 0 Å². The number of nitro benzene ring substituents is 2. The van der Waals surface area contributed by atoms with Crippen LogP contribution in [-0.4, -0.2) is 26.0 Å². The predicted molar refractivity (Wildman–Crippen MR) is 87.1 cm³/mol. The molecule has 128 valence electrons. The van der Waals surface area contributed by atoms with E-state index >= 15 is 0 Å². The number of nitro groups is 2. The summed E-state index contributed by atoms with van der Waals surface area (Å²) in [5.41, 5.74) is 0.414. The van der Waals surface area contributed by atoms with Crippen LogP contribution in [0, 0.1) is 20.2 Å². The molecule has 0 heterocycles. The van der Waals surface area contributed by atoms with Crippen LogP contribution in [0.3, 0.4) is 0 Å². The summed E-state index contributed by atoms with van der Waals surface area (Å²) < 4.78 is 0. The molecule has 1 aliphatic carbocycles. The molecule has 0 radical (unpaired) electrons. The first kappa shape index (κ1) is 17.8. The van der Waals surface area contributed by atoms with Gasteiger partial charge >= 0.3 is 5.97 Å². The average molecular weight is 344 g/mol. The van der Waals surface area contributed by atoms with Crippen molar-refractivity contribution < 1.29 is 24.9 Å². The van der Waals surface area contributed by atoms with Crippen molar-refractivity contribution in [2.24, 2.45) is 0 Å². The number of hydrogen-bond donors (Lipinski definition) is 2. The van der Waals surface area contributed by atoms with E-state index in [0.29, 0.717) is 6.07 Å². The number of carboxylic acids is 1. The molecular weight excluding hydrogens is 332 g/mol. The number of nitrogens with zero attached hydrogens (tertiary/aromatic N) is 2. The van der Waals surface area contributed by atoms with E-state index in [4.69, 9.17) is 5.11 Å². The third-order valence-electron chi connectivity index (χ3n) is 3.34. The van der Waals surface area contributed by atoms with Gasteiger partial charge < -0.3 is 10.2 Å². The van der Waals surface area contributed by atoms with Crippen LogP contribution in [0.2, 0.25) is 0 Å². The summed E-state index contributed by atoms with van der Waals surface area (Å²) in [4.78, 5) is 29.4. The first-order valence-corrected chi connectivity index (χ1v) is 6.92. The van der Waals surface area contributed by atoms with E-state index in [9.17, 15) is 30.1 Å². The van der Waals surface area contributed by atoms with Gasteiger partial charge in [-0.2, -0.15) is 0 Å². The third-order valence-corrected chi connectivity index (χ3v) is 3.34. The molecule has 9 heteroatoms. The van der Waals surface area contributed by atoms with Crippen LogP contribution in [0.4, 0.5) is 11.4 Å². The summed E-state index contributed by atoms with van der Waals surface area (Å²) in [6.07, 6.45) is 3.36. The number of non-ortho nitro benzene ring substituents is 2.